The Bertz CT molecular complexity index is 382. The molecule has 1 radical (unpaired) electrons. The molecule has 0 saturated heterocycles. The highest BCUT2D eigenvalue weighted by molar-refractivity contribution is 6.46. The van der Waals surface area contributed by atoms with E-state index >= 15 is 0 Å². The molecule has 2 rings (SSSR count). The zero-order valence-corrected chi connectivity index (χ0v) is 13.1. The third kappa shape index (κ3) is 12.8. The Morgan fingerprint density at radius 1 is 0.900 bits per heavy atom. The van der Waals surface area contributed by atoms with Crippen molar-refractivity contribution >= 4 is 12.9 Å². The first kappa shape index (κ1) is 20.7. The van der Waals surface area contributed by atoms with Crippen molar-refractivity contribution in [2.75, 3.05) is 0 Å². The van der Waals surface area contributed by atoms with Crippen LogP contribution >= 0.6 is 0 Å². The highest BCUT2D eigenvalue weighted by Gasteiger charge is 1.91. The molecule has 1 aromatic heterocycles. The number of nitrogens with zero attached hydrogens (tertiary/aromatic N) is 1. The van der Waals surface area contributed by atoms with Crippen LogP contribution in [0.1, 0.15) is 33.4 Å². The van der Waals surface area contributed by atoms with Gasteiger partial charge in [-0.25, -0.2) is 0 Å². The number of aromatic nitrogens is 1. The van der Waals surface area contributed by atoms with Gasteiger partial charge in [-0.15, -0.1) is 0 Å². The van der Waals surface area contributed by atoms with Crippen LogP contribution in [0.3, 0.4) is 0 Å². The molecule has 0 unspecified atom stereocenters. The van der Waals surface area contributed by atoms with E-state index in [1.165, 1.54) is 7.48 Å². The van der Waals surface area contributed by atoms with Crippen molar-refractivity contribution in [2.45, 2.75) is 34.6 Å². The largest absolute Gasteiger partial charge is 0.381 e. The molecular weight excluding hydrogens is 249 g/mol. The van der Waals surface area contributed by atoms with Gasteiger partial charge in [0, 0.05) is 11.9 Å². The highest BCUT2D eigenvalue weighted by atomic mass is 17.1. The molecule has 0 amide bonds. The van der Waals surface area contributed by atoms with Gasteiger partial charge >= 0.3 is 7.48 Å². The Balaban J connectivity index is 0. The number of hydrogen-bond acceptors (Lipinski definition) is 3. The van der Waals surface area contributed by atoms with Crippen LogP contribution in [0.15, 0.2) is 54.7 Å². The van der Waals surface area contributed by atoms with Crippen molar-refractivity contribution in [3.05, 3.63) is 60.4 Å². The molecule has 4 heteroatoms. The van der Waals surface area contributed by atoms with Crippen LogP contribution in [0.4, 0.5) is 0 Å². The summed E-state index contributed by atoms with van der Waals surface area (Å²) in [5.74, 6) is 0. The second kappa shape index (κ2) is 17.4. The van der Waals surface area contributed by atoms with Crippen LogP contribution in [0.2, 0.25) is 0 Å². The topological polar surface area (TPSA) is 42.4 Å². The second-order valence-electron chi connectivity index (χ2n) is 3.11. The van der Waals surface area contributed by atoms with Gasteiger partial charge in [-0.05, 0) is 19.1 Å². The number of pyridine rings is 1. The number of aryl methyl sites for hydroxylation is 1. The molecule has 1 N–H and O–H groups in total. The van der Waals surface area contributed by atoms with E-state index in [-0.39, 0.29) is 0 Å². The monoisotopic (exact) mass is 274 g/mol. The number of hydrogen-bond donors (Lipinski definition) is 1. The first-order chi connectivity index (χ1) is 9.83. The van der Waals surface area contributed by atoms with Gasteiger partial charge in [0.25, 0.3) is 0 Å². The summed E-state index contributed by atoms with van der Waals surface area (Å²) >= 11 is 0. The minimum Gasteiger partial charge on any atom is -0.307 e. The maximum Gasteiger partial charge on any atom is 0.381 e. The van der Waals surface area contributed by atoms with Gasteiger partial charge in [0.1, 0.15) is 0 Å². The molecule has 0 aliphatic heterocycles. The van der Waals surface area contributed by atoms with Crippen LogP contribution in [0.5, 0.6) is 0 Å². The fourth-order valence-electron chi connectivity index (χ4n) is 1.04. The molecule has 0 atom stereocenters. The third-order valence-corrected chi connectivity index (χ3v) is 1.80. The Kier molecular flexibility index (Phi) is 17.9. The van der Waals surface area contributed by atoms with E-state index in [9.17, 15) is 0 Å². The third-order valence-electron chi connectivity index (χ3n) is 1.80. The summed E-state index contributed by atoms with van der Waals surface area (Å²) in [4.78, 5) is 7.78. The van der Waals surface area contributed by atoms with Crippen LogP contribution in [0, 0.1) is 6.92 Å². The molecule has 1 heterocycles. The zero-order valence-electron chi connectivity index (χ0n) is 13.1. The SMILES string of the molecule is CC.CC.Cc1ccccn1.OO[B]c1ccccc1. The first-order valence-electron chi connectivity index (χ1n) is 6.89. The predicted octanol–water partition coefficient (Wildman–Crippen LogP) is 3.86. The van der Waals surface area contributed by atoms with E-state index in [0.29, 0.717) is 0 Å². The molecule has 0 bridgehead atoms. The van der Waals surface area contributed by atoms with Gasteiger partial charge < -0.3 is 4.81 Å². The molecule has 0 aliphatic carbocycles. The van der Waals surface area contributed by atoms with Gasteiger partial charge in [0.15, 0.2) is 0 Å². The van der Waals surface area contributed by atoms with Gasteiger partial charge in [0.05, 0.1) is 0 Å². The fraction of sp³-hybridized carbons (Fsp3) is 0.312. The molecule has 3 nitrogen and oxygen atoms in total. The summed E-state index contributed by atoms with van der Waals surface area (Å²) in [5, 5.41) is 7.96. The van der Waals surface area contributed by atoms with Crippen LogP contribution in [0.25, 0.3) is 0 Å². The normalized spacial score (nSPS) is 7.70. The summed E-state index contributed by atoms with van der Waals surface area (Å²) < 4.78 is 0. The Hall–Kier alpha value is -1.65. The first-order valence-corrected chi connectivity index (χ1v) is 6.89. The number of benzene rings is 1. The van der Waals surface area contributed by atoms with E-state index in [4.69, 9.17) is 5.26 Å². The van der Waals surface area contributed by atoms with Crippen molar-refractivity contribution in [1.82, 2.24) is 4.98 Å². The summed E-state index contributed by atoms with van der Waals surface area (Å²) in [6.07, 6.45) is 1.79. The van der Waals surface area contributed by atoms with Crippen molar-refractivity contribution in [3.8, 4) is 0 Å². The van der Waals surface area contributed by atoms with E-state index < -0.39 is 0 Å². The molecule has 0 aliphatic rings. The van der Waals surface area contributed by atoms with Crippen molar-refractivity contribution in [3.63, 3.8) is 0 Å². The highest BCUT2D eigenvalue weighted by Crippen LogP contribution is 1.86. The maximum atomic E-state index is 7.96. The molecule has 20 heavy (non-hydrogen) atoms. The van der Waals surface area contributed by atoms with Gasteiger partial charge in [-0.2, -0.15) is 0 Å². The number of rotatable bonds is 2. The molecule has 0 saturated carbocycles. The maximum absolute atomic E-state index is 7.96. The van der Waals surface area contributed by atoms with Crippen LogP contribution in [-0.2, 0) is 4.81 Å². The molecule has 2 aromatic rings. The smallest absolute Gasteiger partial charge is 0.307 e. The van der Waals surface area contributed by atoms with E-state index in [0.717, 1.165) is 11.2 Å². The van der Waals surface area contributed by atoms with E-state index in [1.807, 2.05) is 83.1 Å². The van der Waals surface area contributed by atoms with Gasteiger partial charge in [-0.3, -0.25) is 10.2 Å². The molecule has 1 aromatic carbocycles. The van der Waals surface area contributed by atoms with E-state index in [1.54, 1.807) is 6.20 Å². The lowest BCUT2D eigenvalue weighted by Gasteiger charge is -1.90. The van der Waals surface area contributed by atoms with Crippen LogP contribution in [-0.4, -0.2) is 17.7 Å². The predicted molar refractivity (Wildman–Crippen MR) is 87.2 cm³/mol. The Morgan fingerprint density at radius 2 is 1.45 bits per heavy atom. The Labute approximate surface area is 123 Å². The average molecular weight is 274 g/mol. The van der Waals surface area contributed by atoms with E-state index in [2.05, 4.69) is 9.79 Å². The van der Waals surface area contributed by atoms with Gasteiger partial charge in [-0.1, -0.05) is 69.6 Å². The van der Waals surface area contributed by atoms with Gasteiger partial charge in [0.2, 0.25) is 0 Å². The van der Waals surface area contributed by atoms with Crippen molar-refractivity contribution < 1.29 is 10.1 Å². The lowest BCUT2D eigenvalue weighted by atomic mass is 9.89. The molecule has 0 spiro atoms. The lowest BCUT2D eigenvalue weighted by molar-refractivity contribution is -0.135. The zero-order chi connectivity index (χ0) is 15.6. The standard InChI is InChI=1S/C6H6BO2.C6H7N.2C2H6/c8-9-7-6-4-2-1-3-5-6;1-6-4-2-3-5-7-6;2*1-2/h1-5,8H;2-5H,1H3;2*1-2H3. The minimum absolute atomic E-state index is 0.847. The average Bonchev–Trinajstić information content (AvgIpc) is 2.54. The Morgan fingerprint density at radius 3 is 1.80 bits per heavy atom. The lowest BCUT2D eigenvalue weighted by Crippen LogP contribution is -2.14. The summed E-state index contributed by atoms with van der Waals surface area (Å²) in [7, 11) is 1.26. The quantitative estimate of drug-likeness (QED) is 0.513. The fourth-order valence-corrected chi connectivity index (χ4v) is 1.04. The molecule has 109 valence electrons. The summed E-state index contributed by atoms with van der Waals surface area (Å²) in [5.41, 5.74) is 1.92. The summed E-state index contributed by atoms with van der Waals surface area (Å²) in [6.45, 7) is 9.97. The minimum atomic E-state index is 0.847. The summed E-state index contributed by atoms with van der Waals surface area (Å²) in [6, 6.07) is 15.1. The van der Waals surface area contributed by atoms with Crippen molar-refractivity contribution in [1.29, 1.82) is 0 Å². The second-order valence-corrected chi connectivity index (χ2v) is 3.11. The molecular formula is C16H25BNO2. The molecule has 0 fully saturated rings. The van der Waals surface area contributed by atoms with Crippen molar-refractivity contribution in [2.24, 2.45) is 0 Å². The van der Waals surface area contributed by atoms with Crippen LogP contribution < -0.4 is 5.46 Å².